The molecular formula is C10H9FO2. The van der Waals surface area contributed by atoms with E-state index in [0.29, 0.717) is 5.56 Å². The highest BCUT2D eigenvalue weighted by Crippen LogP contribution is 2.09. The molecule has 3 heteroatoms. The van der Waals surface area contributed by atoms with Crippen molar-refractivity contribution in [1.82, 2.24) is 0 Å². The van der Waals surface area contributed by atoms with Gasteiger partial charge in [-0.2, -0.15) is 0 Å². The third kappa shape index (κ3) is 2.55. The highest BCUT2D eigenvalue weighted by Gasteiger charge is 1.99. The summed E-state index contributed by atoms with van der Waals surface area (Å²) in [5, 5.41) is 17.1. The van der Waals surface area contributed by atoms with Gasteiger partial charge in [-0.15, -0.1) is 0 Å². The van der Waals surface area contributed by atoms with Gasteiger partial charge in [0.05, 0.1) is 6.61 Å². The van der Waals surface area contributed by atoms with Crippen LogP contribution in [0.3, 0.4) is 0 Å². The smallest absolute Gasteiger partial charge is 0.128 e. The summed E-state index contributed by atoms with van der Waals surface area (Å²) in [7, 11) is 0. The largest absolute Gasteiger partial charge is 0.392 e. The van der Waals surface area contributed by atoms with Gasteiger partial charge in [-0.25, -0.2) is 4.39 Å². The van der Waals surface area contributed by atoms with Crippen LogP contribution in [0.15, 0.2) is 18.2 Å². The lowest BCUT2D eigenvalue weighted by molar-refractivity contribution is 0.275. The van der Waals surface area contributed by atoms with Crippen LogP contribution in [0.2, 0.25) is 0 Å². The summed E-state index contributed by atoms with van der Waals surface area (Å²) in [5.74, 6) is 4.61. The molecule has 13 heavy (non-hydrogen) atoms. The number of benzene rings is 1. The van der Waals surface area contributed by atoms with E-state index in [1.165, 1.54) is 18.2 Å². The first-order valence-electron chi connectivity index (χ1n) is 3.77. The van der Waals surface area contributed by atoms with E-state index < -0.39 is 5.82 Å². The molecular weight excluding hydrogens is 171 g/mol. The summed E-state index contributed by atoms with van der Waals surface area (Å²) in [6, 6.07) is 4.20. The molecule has 0 aliphatic rings. The van der Waals surface area contributed by atoms with Gasteiger partial charge in [-0.05, 0) is 18.2 Å². The second kappa shape index (κ2) is 4.61. The van der Waals surface area contributed by atoms with Gasteiger partial charge in [0.1, 0.15) is 12.4 Å². The summed E-state index contributed by atoms with van der Waals surface area (Å²) in [6.45, 7) is -0.577. The Morgan fingerprint density at radius 1 is 1.31 bits per heavy atom. The average molecular weight is 180 g/mol. The van der Waals surface area contributed by atoms with Gasteiger partial charge in [-0.1, -0.05) is 11.8 Å². The third-order valence-electron chi connectivity index (χ3n) is 1.53. The summed E-state index contributed by atoms with van der Waals surface area (Å²) in [5.41, 5.74) is 0.796. The maximum atomic E-state index is 12.8. The number of rotatable bonds is 1. The standard InChI is InChI=1S/C10H9FO2/c11-10-4-3-8(2-1-5-12)6-9(10)7-13/h3-4,6,12-13H,5,7H2. The SMILES string of the molecule is OCC#Cc1ccc(F)c(CO)c1. The van der Waals surface area contributed by atoms with Gasteiger partial charge in [-0.3, -0.25) is 0 Å². The molecule has 0 aliphatic heterocycles. The van der Waals surface area contributed by atoms with Gasteiger partial charge in [0, 0.05) is 11.1 Å². The van der Waals surface area contributed by atoms with Crippen LogP contribution >= 0.6 is 0 Å². The number of hydrogen-bond donors (Lipinski definition) is 2. The summed E-state index contributed by atoms with van der Waals surface area (Å²) < 4.78 is 12.8. The van der Waals surface area contributed by atoms with Crippen LogP contribution in [0.1, 0.15) is 11.1 Å². The van der Waals surface area contributed by atoms with Crippen LogP contribution in [0.4, 0.5) is 4.39 Å². The third-order valence-corrected chi connectivity index (χ3v) is 1.53. The minimum Gasteiger partial charge on any atom is -0.392 e. The van der Waals surface area contributed by atoms with Crippen LogP contribution in [-0.2, 0) is 6.61 Å². The van der Waals surface area contributed by atoms with E-state index >= 15 is 0 Å². The van der Waals surface area contributed by atoms with Gasteiger partial charge in [0.15, 0.2) is 0 Å². The summed E-state index contributed by atoms with van der Waals surface area (Å²) in [6.07, 6.45) is 0. The van der Waals surface area contributed by atoms with E-state index in [1.54, 1.807) is 0 Å². The Morgan fingerprint density at radius 3 is 2.69 bits per heavy atom. The zero-order valence-corrected chi connectivity index (χ0v) is 6.92. The molecule has 0 unspecified atom stereocenters. The van der Waals surface area contributed by atoms with E-state index in [1.807, 2.05) is 0 Å². The molecule has 1 rings (SSSR count). The minimum absolute atomic E-state index is 0.213. The second-order valence-electron chi connectivity index (χ2n) is 2.42. The van der Waals surface area contributed by atoms with Gasteiger partial charge >= 0.3 is 0 Å². The molecule has 0 aliphatic carbocycles. The van der Waals surface area contributed by atoms with Crippen LogP contribution in [0, 0.1) is 17.7 Å². The molecule has 1 aromatic carbocycles. The average Bonchev–Trinajstić information content (AvgIpc) is 2.16. The fourth-order valence-corrected chi connectivity index (χ4v) is 0.915. The zero-order valence-electron chi connectivity index (χ0n) is 6.92. The van der Waals surface area contributed by atoms with Crippen molar-refractivity contribution in [2.24, 2.45) is 0 Å². The van der Waals surface area contributed by atoms with Crippen LogP contribution in [0.25, 0.3) is 0 Å². The van der Waals surface area contributed by atoms with Crippen LogP contribution in [0.5, 0.6) is 0 Å². The van der Waals surface area contributed by atoms with Crippen LogP contribution < -0.4 is 0 Å². The lowest BCUT2D eigenvalue weighted by Crippen LogP contribution is -1.90. The van der Waals surface area contributed by atoms with Crippen molar-refractivity contribution in [3.8, 4) is 11.8 Å². The molecule has 0 spiro atoms. The van der Waals surface area contributed by atoms with E-state index in [9.17, 15) is 4.39 Å². The quantitative estimate of drug-likeness (QED) is 0.623. The molecule has 0 saturated carbocycles. The molecule has 0 bridgehead atoms. The second-order valence-corrected chi connectivity index (χ2v) is 2.42. The zero-order chi connectivity index (χ0) is 9.68. The molecule has 68 valence electrons. The monoisotopic (exact) mass is 180 g/mol. The van der Waals surface area contributed by atoms with Gasteiger partial charge in [0.25, 0.3) is 0 Å². The van der Waals surface area contributed by atoms with Crippen LogP contribution in [-0.4, -0.2) is 16.8 Å². The fourth-order valence-electron chi connectivity index (χ4n) is 0.915. The molecule has 0 radical (unpaired) electrons. The normalized spacial score (nSPS) is 9.15. The summed E-state index contributed by atoms with van der Waals surface area (Å²) in [4.78, 5) is 0. The first-order chi connectivity index (χ1) is 6.27. The maximum absolute atomic E-state index is 12.8. The van der Waals surface area contributed by atoms with Gasteiger partial charge < -0.3 is 10.2 Å². The fraction of sp³-hybridized carbons (Fsp3) is 0.200. The van der Waals surface area contributed by atoms with Crippen molar-refractivity contribution in [3.63, 3.8) is 0 Å². The lowest BCUT2D eigenvalue weighted by atomic mass is 10.1. The molecule has 0 amide bonds. The highest BCUT2D eigenvalue weighted by atomic mass is 19.1. The van der Waals surface area contributed by atoms with Crippen molar-refractivity contribution in [2.75, 3.05) is 6.61 Å². The van der Waals surface area contributed by atoms with E-state index in [2.05, 4.69) is 11.8 Å². The van der Waals surface area contributed by atoms with Crippen molar-refractivity contribution in [3.05, 3.63) is 35.1 Å². The lowest BCUT2D eigenvalue weighted by Gasteiger charge is -1.98. The first kappa shape index (κ1) is 9.72. The topological polar surface area (TPSA) is 40.5 Å². The van der Waals surface area contributed by atoms with Crippen molar-refractivity contribution < 1.29 is 14.6 Å². The number of halogens is 1. The minimum atomic E-state index is -0.447. The molecule has 0 saturated heterocycles. The molecule has 0 aromatic heterocycles. The Balaban J connectivity index is 2.99. The molecule has 0 fully saturated rings. The maximum Gasteiger partial charge on any atom is 0.128 e. The Morgan fingerprint density at radius 2 is 2.08 bits per heavy atom. The van der Waals surface area contributed by atoms with Gasteiger partial charge in [0.2, 0.25) is 0 Å². The molecule has 1 aromatic rings. The van der Waals surface area contributed by atoms with Crippen molar-refractivity contribution in [2.45, 2.75) is 6.61 Å². The van der Waals surface area contributed by atoms with Crippen molar-refractivity contribution >= 4 is 0 Å². The number of aliphatic hydroxyl groups is 2. The Bertz CT molecular complexity index is 350. The highest BCUT2D eigenvalue weighted by molar-refractivity contribution is 5.37. The summed E-state index contributed by atoms with van der Waals surface area (Å²) >= 11 is 0. The molecule has 2 nitrogen and oxygen atoms in total. The van der Waals surface area contributed by atoms with E-state index in [-0.39, 0.29) is 18.8 Å². The van der Waals surface area contributed by atoms with E-state index in [4.69, 9.17) is 10.2 Å². The first-order valence-corrected chi connectivity index (χ1v) is 3.77. The predicted octanol–water partition coefficient (Wildman–Crippen LogP) is 0.662. The Labute approximate surface area is 75.6 Å². The number of aliphatic hydroxyl groups excluding tert-OH is 2. The van der Waals surface area contributed by atoms with Crippen molar-refractivity contribution in [1.29, 1.82) is 0 Å². The molecule has 2 N–H and O–H groups in total. The Kier molecular flexibility index (Phi) is 3.44. The number of hydrogen-bond acceptors (Lipinski definition) is 2. The molecule has 0 heterocycles. The predicted molar refractivity (Wildman–Crippen MR) is 46.3 cm³/mol. The van der Waals surface area contributed by atoms with E-state index in [0.717, 1.165) is 0 Å². The Hall–Kier alpha value is -1.37. The molecule has 0 atom stereocenters.